The Balaban J connectivity index is 1.67. The minimum atomic E-state index is -0.562. The van der Waals surface area contributed by atoms with Crippen LogP contribution in [0.2, 0.25) is 5.02 Å². The number of hydrogen-bond acceptors (Lipinski definition) is 6. The Morgan fingerprint density at radius 2 is 2.03 bits per heavy atom. The van der Waals surface area contributed by atoms with Gasteiger partial charge in [0.15, 0.2) is 11.6 Å². The fourth-order valence-corrected chi connectivity index (χ4v) is 5.17. The standard InChI is InChI=1S/C24H21ClN2O3S/c1-24(2)10-17-22(18(28)11-24)21(20-4-3-9-30-20)16(12-26)23(27-17)31-13-19(29)14-5-7-15(25)8-6-14/h3-9,21,27H,10-11,13H2,1-2H3/t21-/m0/s1. The van der Waals surface area contributed by atoms with Gasteiger partial charge in [0.2, 0.25) is 0 Å². The molecule has 2 aliphatic rings. The van der Waals surface area contributed by atoms with Gasteiger partial charge in [0.25, 0.3) is 0 Å². The highest BCUT2D eigenvalue weighted by atomic mass is 35.5. The summed E-state index contributed by atoms with van der Waals surface area (Å²) in [4.78, 5) is 25.7. The van der Waals surface area contributed by atoms with Crippen LogP contribution < -0.4 is 5.32 Å². The number of carbonyl (C=O) groups excluding carboxylic acids is 2. The quantitative estimate of drug-likeness (QED) is 0.593. The first kappa shape index (κ1) is 21.5. The maximum Gasteiger partial charge on any atom is 0.173 e. The van der Waals surface area contributed by atoms with Crippen molar-refractivity contribution in [2.24, 2.45) is 5.41 Å². The van der Waals surface area contributed by atoms with Crippen molar-refractivity contribution in [3.8, 4) is 6.07 Å². The molecule has 31 heavy (non-hydrogen) atoms. The van der Waals surface area contributed by atoms with Crippen LogP contribution in [0.4, 0.5) is 0 Å². The Morgan fingerprint density at radius 1 is 1.29 bits per heavy atom. The van der Waals surface area contributed by atoms with Gasteiger partial charge in [-0.15, -0.1) is 0 Å². The predicted octanol–water partition coefficient (Wildman–Crippen LogP) is 5.61. The van der Waals surface area contributed by atoms with Crippen LogP contribution in [0.5, 0.6) is 0 Å². The van der Waals surface area contributed by atoms with Crippen LogP contribution in [0.3, 0.4) is 0 Å². The topological polar surface area (TPSA) is 83.1 Å². The van der Waals surface area contributed by atoms with Crippen molar-refractivity contribution in [3.05, 3.63) is 80.9 Å². The lowest BCUT2D eigenvalue weighted by atomic mass is 9.70. The van der Waals surface area contributed by atoms with Gasteiger partial charge < -0.3 is 9.73 Å². The number of allylic oxidation sites excluding steroid dienone is 3. The molecular formula is C24H21ClN2O3S. The normalized spacial score (nSPS) is 20.2. The summed E-state index contributed by atoms with van der Waals surface area (Å²) < 4.78 is 5.62. The number of benzene rings is 1. The molecule has 1 atom stereocenters. The number of dihydropyridines is 1. The summed E-state index contributed by atoms with van der Waals surface area (Å²) in [7, 11) is 0. The van der Waals surface area contributed by atoms with Crippen LogP contribution in [0.25, 0.3) is 0 Å². The molecule has 4 rings (SSSR count). The first-order valence-corrected chi connectivity index (χ1v) is 11.3. The highest BCUT2D eigenvalue weighted by Gasteiger charge is 2.42. The minimum absolute atomic E-state index is 0.0224. The Morgan fingerprint density at radius 3 is 2.68 bits per heavy atom. The molecule has 1 aliphatic heterocycles. The van der Waals surface area contributed by atoms with Crippen LogP contribution >= 0.6 is 23.4 Å². The lowest BCUT2D eigenvalue weighted by Crippen LogP contribution is -2.37. The SMILES string of the molecule is CC1(C)CC(=O)C2=C(C1)NC(SCC(=O)c1ccc(Cl)cc1)=C(C#N)[C@H]2c1ccco1. The molecule has 0 amide bonds. The van der Waals surface area contributed by atoms with Gasteiger partial charge in [0.05, 0.1) is 34.6 Å². The van der Waals surface area contributed by atoms with Gasteiger partial charge in [-0.3, -0.25) is 9.59 Å². The number of furan rings is 1. The van der Waals surface area contributed by atoms with Gasteiger partial charge in [-0.2, -0.15) is 5.26 Å². The third-order valence-corrected chi connectivity index (χ3v) is 6.74. The fraction of sp³-hybridized carbons (Fsp3) is 0.292. The van der Waals surface area contributed by atoms with E-state index < -0.39 is 5.92 Å². The molecule has 0 radical (unpaired) electrons. The zero-order valence-corrected chi connectivity index (χ0v) is 18.8. The molecule has 1 aliphatic carbocycles. The molecule has 0 saturated carbocycles. The molecule has 2 aromatic rings. The third kappa shape index (κ3) is 4.34. The van der Waals surface area contributed by atoms with Gasteiger partial charge in [0.1, 0.15) is 5.76 Å². The number of thioether (sulfide) groups is 1. The van der Waals surface area contributed by atoms with Crippen molar-refractivity contribution >= 4 is 34.9 Å². The van der Waals surface area contributed by atoms with E-state index in [2.05, 4.69) is 25.2 Å². The molecule has 0 saturated heterocycles. The fourth-order valence-electron chi connectivity index (χ4n) is 4.09. The predicted molar refractivity (Wildman–Crippen MR) is 121 cm³/mol. The van der Waals surface area contributed by atoms with Crippen LogP contribution in [0.15, 0.2) is 69.0 Å². The summed E-state index contributed by atoms with van der Waals surface area (Å²) in [6.07, 6.45) is 2.64. The first-order chi connectivity index (χ1) is 14.8. The Bertz CT molecular complexity index is 1140. The molecule has 158 valence electrons. The first-order valence-electron chi connectivity index (χ1n) is 9.91. The maximum atomic E-state index is 13.1. The average molecular weight is 453 g/mol. The summed E-state index contributed by atoms with van der Waals surface area (Å²) >= 11 is 7.18. The van der Waals surface area contributed by atoms with Gasteiger partial charge in [-0.05, 0) is 48.2 Å². The Labute approximate surface area is 190 Å². The number of ketones is 2. The Kier molecular flexibility index (Phi) is 5.83. The second-order valence-corrected chi connectivity index (χ2v) is 9.90. The molecule has 0 fully saturated rings. The number of halogens is 1. The van der Waals surface area contributed by atoms with E-state index in [0.717, 1.165) is 5.70 Å². The van der Waals surface area contributed by atoms with Gasteiger partial charge in [-0.1, -0.05) is 37.2 Å². The number of nitriles is 1. The Hall–Kier alpha value is -2.75. The molecule has 1 aromatic carbocycles. The highest BCUT2D eigenvalue weighted by molar-refractivity contribution is 8.03. The van der Waals surface area contributed by atoms with Gasteiger partial charge >= 0.3 is 0 Å². The molecule has 5 nitrogen and oxygen atoms in total. The molecule has 1 aromatic heterocycles. The molecular weight excluding hydrogens is 432 g/mol. The summed E-state index contributed by atoms with van der Waals surface area (Å²) in [5.41, 5.74) is 2.18. The second-order valence-electron chi connectivity index (χ2n) is 8.48. The van der Waals surface area contributed by atoms with E-state index in [0.29, 0.717) is 45.4 Å². The molecule has 2 heterocycles. The van der Waals surface area contributed by atoms with Gasteiger partial charge in [0, 0.05) is 28.3 Å². The number of nitrogens with zero attached hydrogens (tertiary/aromatic N) is 1. The number of hydrogen-bond donors (Lipinski definition) is 1. The largest absolute Gasteiger partial charge is 0.468 e. The summed E-state index contributed by atoms with van der Waals surface area (Å²) in [5, 5.41) is 14.5. The third-order valence-electron chi connectivity index (χ3n) is 5.47. The van der Waals surface area contributed by atoms with Crippen molar-refractivity contribution < 1.29 is 14.0 Å². The minimum Gasteiger partial charge on any atom is -0.468 e. The van der Waals surface area contributed by atoms with Crippen molar-refractivity contribution in [1.29, 1.82) is 5.26 Å². The number of nitrogens with one attached hydrogen (secondary N) is 1. The van der Waals surface area contributed by atoms with Crippen molar-refractivity contribution in [3.63, 3.8) is 0 Å². The van der Waals surface area contributed by atoms with Crippen molar-refractivity contribution in [1.82, 2.24) is 5.32 Å². The van der Waals surface area contributed by atoms with Crippen molar-refractivity contribution in [2.75, 3.05) is 5.75 Å². The zero-order valence-electron chi connectivity index (χ0n) is 17.2. The van der Waals surface area contributed by atoms with E-state index in [9.17, 15) is 14.9 Å². The van der Waals surface area contributed by atoms with Crippen LogP contribution in [-0.4, -0.2) is 17.3 Å². The average Bonchev–Trinajstić information content (AvgIpc) is 3.25. The van der Waals surface area contributed by atoms with E-state index in [1.165, 1.54) is 11.8 Å². The molecule has 0 unspecified atom stereocenters. The van der Waals surface area contributed by atoms with E-state index in [4.69, 9.17) is 16.0 Å². The number of Topliss-reactive ketones (excluding diaryl/α,β-unsaturated/α-hetero) is 2. The summed E-state index contributed by atoms with van der Waals surface area (Å²) in [6.45, 7) is 4.11. The van der Waals surface area contributed by atoms with E-state index in [1.54, 1.807) is 42.7 Å². The summed E-state index contributed by atoms with van der Waals surface area (Å²) in [6, 6.07) is 12.5. The van der Waals surface area contributed by atoms with E-state index in [-0.39, 0.29) is 22.7 Å². The number of rotatable bonds is 5. The molecule has 7 heteroatoms. The lowest BCUT2D eigenvalue weighted by molar-refractivity contribution is -0.118. The zero-order chi connectivity index (χ0) is 22.2. The molecule has 1 N–H and O–H groups in total. The number of carbonyl (C=O) groups is 2. The maximum absolute atomic E-state index is 13.1. The van der Waals surface area contributed by atoms with Crippen LogP contribution in [0.1, 0.15) is 48.7 Å². The smallest absolute Gasteiger partial charge is 0.173 e. The van der Waals surface area contributed by atoms with Crippen LogP contribution in [0, 0.1) is 16.7 Å². The van der Waals surface area contributed by atoms with E-state index in [1.807, 2.05) is 0 Å². The second kappa shape index (κ2) is 8.41. The highest BCUT2D eigenvalue weighted by Crippen LogP contribution is 2.47. The van der Waals surface area contributed by atoms with Crippen molar-refractivity contribution in [2.45, 2.75) is 32.6 Å². The molecule has 0 bridgehead atoms. The lowest BCUT2D eigenvalue weighted by Gasteiger charge is -2.38. The van der Waals surface area contributed by atoms with Gasteiger partial charge in [-0.25, -0.2) is 0 Å². The summed E-state index contributed by atoms with van der Waals surface area (Å²) in [5.74, 6) is 0.102. The van der Waals surface area contributed by atoms with Crippen LogP contribution in [-0.2, 0) is 4.79 Å². The monoisotopic (exact) mass is 452 g/mol. The van der Waals surface area contributed by atoms with E-state index >= 15 is 0 Å². The molecule has 0 spiro atoms.